The molecule has 3 fully saturated rings. The summed E-state index contributed by atoms with van der Waals surface area (Å²) in [5.74, 6) is -0.585. The summed E-state index contributed by atoms with van der Waals surface area (Å²) in [7, 11) is 0. The number of hydrogen-bond acceptors (Lipinski definition) is 15. The fourth-order valence-electron chi connectivity index (χ4n) is 5.79. The number of aliphatic hydroxyl groups is 1. The summed E-state index contributed by atoms with van der Waals surface area (Å²) in [6.45, 7) is -8.45. The minimum atomic E-state index is -4.33. The normalized spacial score (nSPS) is 37.2. The van der Waals surface area contributed by atoms with Crippen LogP contribution in [0.1, 0.15) is 18.3 Å². The highest BCUT2D eigenvalue weighted by atomic mass is 32.7. The number of nitrogens with zero attached hydrogens (tertiary/aromatic N) is 7. The van der Waals surface area contributed by atoms with Gasteiger partial charge in [0.1, 0.15) is 29.9 Å². The molecule has 7 heterocycles. The fourth-order valence-corrected chi connectivity index (χ4v) is 8.99. The van der Waals surface area contributed by atoms with Crippen LogP contribution in [0, 0.1) is 12.8 Å². The third-order valence-corrected chi connectivity index (χ3v) is 11.3. The summed E-state index contributed by atoms with van der Waals surface area (Å²) in [6, 6.07) is -1.37. The van der Waals surface area contributed by atoms with Gasteiger partial charge in [-0.1, -0.05) is 24.5 Å². The maximum absolute atomic E-state index is 16.1. The molecular formula is C22H27FN10O9P2S2. The molecule has 24 heteroatoms. The van der Waals surface area contributed by atoms with Gasteiger partial charge in [-0.05, 0) is 6.92 Å². The van der Waals surface area contributed by atoms with Crippen LogP contribution in [-0.4, -0.2) is 94.5 Å². The van der Waals surface area contributed by atoms with Gasteiger partial charge in [-0.2, -0.15) is 0 Å². The van der Waals surface area contributed by atoms with E-state index in [0.717, 1.165) is 0 Å². The maximum atomic E-state index is 16.1. The quantitative estimate of drug-likeness (QED) is 0.128. The fraction of sp³-hybridized carbons (Fsp3) is 0.545. The first-order valence-corrected chi connectivity index (χ1v) is 19.2. The van der Waals surface area contributed by atoms with E-state index in [0.29, 0.717) is 0 Å². The summed E-state index contributed by atoms with van der Waals surface area (Å²) in [5, 5.41) is 12.9. The van der Waals surface area contributed by atoms with Gasteiger partial charge in [0, 0.05) is 5.92 Å². The second-order valence-electron chi connectivity index (χ2n) is 10.8. The van der Waals surface area contributed by atoms with Crippen LogP contribution in [0.2, 0.25) is 0 Å². The number of nitrogen functional groups attached to an aromatic ring is 1. The van der Waals surface area contributed by atoms with Crippen LogP contribution in [0.4, 0.5) is 10.2 Å². The molecule has 3 saturated heterocycles. The Morgan fingerprint density at radius 2 is 1.74 bits per heavy atom. The van der Waals surface area contributed by atoms with E-state index in [4.69, 9.17) is 28.8 Å². The first kappa shape index (κ1) is 32.1. The van der Waals surface area contributed by atoms with Crippen LogP contribution < -0.4 is 16.4 Å². The van der Waals surface area contributed by atoms with Crippen molar-refractivity contribution >= 4 is 66.2 Å². The Balaban J connectivity index is 1.22. The van der Waals surface area contributed by atoms with Gasteiger partial charge in [-0.25, -0.2) is 39.0 Å². The number of aromatic nitrogens is 8. The van der Waals surface area contributed by atoms with E-state index in [1.165, 1.54) is 28.1 Å². The number of aromatic amines is 1. The van der Waals surface area contributed by atoms with Crippen molar-refractivity contribution in [1.29, 1.82) is 0 Å². The van der Waals surface area contributed by atoms with Crippen molar-refractivity contribution in [2.75, 3.05) is 25.6 Å². The molecule has 0 aromatic carbocycles. The second kappa shape index (κ2) is 11.9. The van der Waals surface area contributed by atoms with Gasteiger partial charge in [0.15, 0.2) is 41.3 Å². The minimum Gasteiger partial charge on any atom is -0.396 e. The van der Waals surface area contributed by atoms with Gasteiger partial charge in [-0.3, -0.25) is 27.5 Å². The molecule has 3 aliphatic rings. The molecule has 46 heavy (non-hydrogen) atoms. The van der Waals surface area contributed by atoms with Crippen LogP contribution in [0.15, 0.2) is 23.8 Å². The number of fused-ring (bicyclic) bond motifs is 5. The lowest BCUT2D eigenvalue weighted by Gasteiger charge is -2.27. The monoisotopic (exact) mass is 720 g/mol. The Morgan fingerprint density at radius 3 is 2.50 bits per heavy atom. The third-order valence-electron chi connectivity index (χ3n) is 7.90. The SMILES string of the molecule is Cc1nc2c(ncn2C2OC3CO[P@@](=O)(S)NC4C(CO[P@@](=O)(S)OC2C3CO)OC(n2cnc3c(N)ncnc32)C4F)c(=O)[nH]1. The largest absolute Gasteiger partial charge is 0.396 e. The maximum Gasteiger partial charge on any atom is 0.386 e. The van der Waals surface area contributed by atoms with E-state index in [-0.39, 0.29) is 34.0 Å². The van der Waals surface area contributed by atoms with Crippen LogP contribution in [0.3, 0.4) is 0 Å². The number of nitrogens with two attached hydrogens (primary N) is 1. The van der Waals surface area contributed by atoms with Crippen LogP contribution in [0.25, 0.3) is 22.3 Å². The molecule has 0 amide bonds. The second-order valence-corrected chi connectivity index (χ2v) is 16.8. The summed E-state index contributed by atoms with van der Waals surface area (Å²) in [5.41, 5.74) is 5.88. The highest BCUT2D eigenvalue weighted by Crippen LogP contribution is 2.59. The first-order valence-electron chi connectivity index (χ1n) is 13.7. The van der Waals surface area contributed by atoms with Crippen molar-refractivity contribution in [1.82, 2.24) is 44.1 Å². The number of nitrogens with one attached hydrogen (secondary N) is 2. The molecule has 0 saturated carbocycles. The predicted molar refractivity (Wildman–Crippen MR) is 163 cm³/mol. The Labute approximate surface area is 268 Å². The lowest BCUT2D eigenvalue weighted by Crippen LogP contribution is -2.42. The van der Waals surface area contributed by atoms with Gasteiger partial charge in [-0.15, -0.1) is 0 Å². The number of anilines is 1. The van der Waals surface area contributed by atoms with Crippen molar-refractivity contribution in [3.8, 4) is 0 Å². The molecule has 3 aliphatic heterocycles. The van der Waals surface area contributed by atoms with E-state index in [1.54, 1.807) is 6.92 Å². The topological polar surface area (TPSA) is 246 Å². The summed E-state index contributed by atoms with van der Waals surface area (Å²) >= 11 is 8.32. The van der Waals surface area contributed by atoms with E-state index in [2.05, 4.69) is 59.5 Å². The molecule has 4 aromatic rings. The van der Waals surface area contributed by atoms with Crippen molar-refractivity contribution in [2.45, 2.75) is 49.9 Å². The predicted octanol–water partition coefficient (Wildman–Crippen LogP) is 1.06. The molecule has 0 spiro atoms. The van der Waals surface area contributed by atoms with E-state index in [9.17, 15) is 19.0 Å². The number of hydrogen-bond donors (Lipinski definition) is 6. The van der Waals surface area contributed by atoms with Gasteiger partial charge in [0.05, 0.1) is 44.6 Å². The zero-order chi connectivity index (χ0) is 32.5. The number of aliphatic hydroxyl groups excluding tert-OH is 1. The van der Waals surface area contributed by atoms with Gasteiger partial charge < -0.3 is 29.8 Å². The Bertz CT molecular complexity index is 1970. The average Bonchev–Trinajstić information content (AvgIpc) is 3.75. The highest BCUT2D eigenvalue weighted by Gasteiger charge is 2.53. The summed E-state index contributed by atoms with van der Waals surface area (Å²) in [6.07, 6.45) is -4.24. The lowest BCUT2D eigenvalue weighted by molar-refractivity contribution is -0.0485. The molecule has 0 radical (unpaired) electrons. The molecular weight excluding hydrogens is 693 g/mol. The molecule has 10 atom stereocenters. The summed E-state index contributed by atoms with van der Waals surface area (Å²) in [4.78, 5) is 35.6. The Hall–Kier alpha value is -2.49. The summed E-state index contributed by atoms with van der Waals surface area (Å²) < 4.78 is 75.3. The standard InChI is InChI=1S/C22H27FN10O9P2S2/c1-8-29-19-15(20(35)30-8)28-7-33(19)22-16-9(2-34)10(40-22)3-38-43(36,45)31-13-11(4-39-44(37,46)42-16)41-21(12(13)23)32-6-27-14-17(24)25-5-26-18(14)32/h5-7,9-13,16,21-22,34H,2-4H2,1H3,(H,37,46)(H2,24,25,26)(H,29,30,35)(H2,31,36,45)/t9?,10?,11?,12?,13?,16?,21?,22?,43-,44-/m1/s1. The number of alkyl halides is 1. The highest BCUT2D eigenvalue weighted by molar-refractivity contribution is 8.45. The minimum absolute atomic E-state index is 0.00320. The van der Waals surface area contributed by atoms with Crippen molar-refractivity contribution < 1.29 is 41.7 Å². The number of thiol groups is 2. The molecule has 7 rings (SSSR count). The van der Waals surface area contributed by atoms with Gasteiger partial charge in [0.25, 0.3) is 5.56 Å². The average molecular weight is 721 g/mol. The molecule has 0 aliphatic carbocycles. The lowest BCUT2D eigenvalue weighted by atomic mass is 9.99. The molecule has 5 N–H and O–H groups in total. The van der Waals surface area contributed by atoms with Crippen LogP contribution in [0.5, 0.6) is 0 Å². The number of H-pyrrole nitrogens is 1. The smallest absolute Gasteiger partial charge is 0.386 e. The number of aryl methyl sites for hydroxylation is 1. The van der Waals surface area contributed by atoms with Gasteiger partial charge in [0.2, 0.25) is 0 Å². The van der Waals surface area contributed by atoms with E-state index in [1.807, 2.05) is 0 Å². The van der Waals surface area contributed by atoms with E-state index >= 15 is 4.39 Å². The molecule has 248 valence electrons. The van der Waals surface area contributed by atoms with Crippen molar-refractivity contribution in [2.24, 2.45) is 5.92 Å². The Kier molecular flexibility index (Phi) is 8.29. The Morgan fingerprint density at radius 1 is 1.04 bits per heavy atom. The first-order chi connectivity index (χ1) is 21.9. The number of rotatable bonds is 3. The van der Waals surface area contributed by atoms with E-state index < -0.39 is 87.8 Å². The van der Waals surface area contributed by atoms with Crippen molar-refractivity contribution in [3.63, 3.8) is 0 Å². The third kappa shape index (κ3) is 5.68. The number of imidazole rings is 2. The van der Waals surface area contributed by atoms with Crippen molar-refractivity contribution in [3.05, 3.63) is 35.2 Å². The number of ether oxygens (including phenoxy) is 2. The van der Waals surface area contributed by atoms with Crippen LogP contribution in [-0.2, 0) is 32.2 Å². The number of halogens is 1. The zero-order valence-corrected chi connectivity index (χ0v) is 27.1. The van der Waals surface area contributed by atoms with Crippen LogP contribution >= 0.6 is 38.0 Å². The molecule has 2 bridgehead atoms. The molecule has 19 nitrogen and oxygen atoms in total. The molecule has 4 aromatic heterocycles. The zero-order valence-electron chi connectivity index (χ0n) is 23.6. The molecule has 8 unspecified atom stereocenters. The van der Waals surface area contributed by atoms with Gasteiger partial charge >= 0.3 is 13.5 Å².